The van der Waals surface area contributed by atoms with Crippen LogP contribution < -0.4 is 10.1 Å². The molecule has 1 aliphatic heterocycles. The molecule has 1 aromatic carbocycles. The number of thiocarbonyl (C=S) groups is 1. The Morgan fingerprint density at radius 2 is 2.00 bits per heavy atom. The molecule has 26 heavy (non-hydrogen) atoms. The number of hydrogen-bond donors (Lipinski definition) is 1. The van der Waals surface area contributed by atoms with E-state index in [0.29, 0.717) is 24.9 Å². The van der Waals surface area contributed by atoms with Crippen molar-refractivity contribution in [3.8, 4) is 5.75 Å². The Balaban J connectivity index is 1.77. The predicted octanol–water partition coefficient (Wildman–Crippen LogP) is 3.22. The molecule has 1 aliphatic rings. The van der Waals surface area contributed by atoms with Crippen LogP contribution in [-0.4, -0.2) is 48.8 Å². The minimum absolute atomic E-state index is 0.0410. The fourth-order valence-electron chi connectivity index (χ4n) is 2.78. The number of aryl methyl sites for hydroxylation is 2. The molecule has 0 spiro atoms. The Kier molecular flexibility index (Phi) is 7.41. The van der Waals surface area contributed by atoms with Crippen LogP contribution in [0, 0.1) is 19.3 Å². The molecule has 1 aromatic rings. The van der Waals surface area contributed by atoms with Crippen LogP contribution >= 0.6 is 12.2 Å². The van der Waals surface area contributed by atoms with Gasteiger partial charge in [-0.05, 0) is 56.1 Å². The predicted molar refractivity (Wildman–Crippen MR) is 108 cm³/mol. The van der Waals surface area contributed by atoms with E-state index in [4.69, 9.17) is 21.7 Å². The van der Waals surface area contributed by atoms with Gasteiger partial charge in [0.1, 0.15) is 5.75 Å². The molecular formula is C20H30N2O3S. The summed E-state index contributed by atoms with van der Waals surface area (Å²) in [6.07, 6.45) is 1.54. The molecule has 0 saturated carbocycles. The molecule has 0 bridgehead atoms. The Bertz CT molecular complexity index is 640. The minimum Gasteiger partial charge on any atom is -0.493 e. The van der Waals surface area contributed by atoms with Crippen molar-refractivity contribution in [2.45, 2.75) is 40.5 Å². The van der Waals surface area contributed by atoms with E-state index in [1.807, 2.05) is 31.7 Å². The van der Waals surface area contributed by atoms with Gasteiger partial charge in [0.05, 0.1) is 19.8 Å². The average Bonchev–Trinajstić information content (AvgIpc) is 2.62. The Morgan fingerprint density at radius 3 is 2.69 bits per heavy atom. The lowest BCUT2D eigenvalue weighted by Gasteiger charge is -2.31. The van der Waals surface area contributed by atoms with Crippen LogP contribution in [0.3, 0.4) is 0 Å². The smallest absolute Gasteiger partial charge is 0.231 e. The van der Waals surface area contributed by atoms with Gasteiger partial charge in [-0.1, -0.05) is 26.0 Å². The number of amides is 1. The van der Waals surface area contributed by atoms with E-state index < -0.39 is 5.41 Å². The van der Waals surface area contributed by atoms with Gasteiger partial charge in [0.2, 0.25) is 5.91 Å². The molecule has 6 heteroatoms. The zero-order valence-corrected chi connectivity index (χ0v) is 17.1. The maximum atomic E-state index is 12.6. The van der Waals surface area contributed by atoms with Gasteiger partial charge in [0.15, 0.2) is 5.11 Å². The van der Waals surface area contributed by atoms with Crippen LogP contribution in [0.4, 0.5) is 0 Å². The summed E-state index contributed by atoms with van der Waals surface area (Å²) in [6.45, 7) is 11.3. The van der Waals surface area contributed by atoms with E-state index in [9.17, 15) is 4.79 Å². The monoisotopic (exact) mass is 378 g/mol. The third-order valence-electron chi connectivity index (χ3n) is 4.68. The van der Waals surface area contributed by atoms with Gasteiger partial charge in [-0.2, -0.15) is 0 Å². The van der Waals surface area contributed by atoms with Gasteiger partial charge in [0, 0.05) is 18.5 Å². The van der Waals surface area contributed by atoms with E-state index in [1.54, 1.807) is 0 Å². The molecule has 0 unspecified atom stereocenters. The Labute approximate surface area is 162 Å². The third kappa shape index (κ3) is 5.95. The molecule has 0 aliphatic carbocycles. The fraction of sp³-hybridized carbons (Fsp3) is 0.600. The van der Waals surface area contributed by atoms with Crippen molar-refractivity contribution in [3.05, 3.63) is 29.3 Å². The van der Waals surface area contributed by atoms with Crippen LogP contribution in [0.15, 0.2) is 18.2 Å². The summed E-state index contributed by atoms with van der Waals surface area (Å²) in [7, 11) is 0. The van der Waals surface area contributed by atoms with Crippen LogP contribution in [-0.2, 0) is 9.53 Å². The summed E-state index contributed by atoms with van der Waals surface area (Å²) >= 11 is 5.36. The highest BCUT2D eigenvalue weighted by Crippen LogP contribution is 2.24. The number of rotatable bonds is 6. The van der Waals surface area contributed by atoms with Gasteiger partial charge in [-0.25, -0.2) is 0 Å². The lowest BCUT2D eigenvalue weighted by molar-refractivity contribution is -0.128. The second kappa shape index (κ2) is 9.33. The standard InChI is InChI=1S/C20H30N2O3S/c1-15-6-7-16(2)17(14-15)25-11-5-8-20(3,4)18(23)21-19(26)22-9-12-24-13-10-22/h6-7,14H,5,8-13H2,1-4H3,(H,21,23,26). The first-order valence-electron chi connectivity index (χ1n) is 9.18. The Morgan fingerprint density at radius 1 is 1.31 bits per heavy atom. The van der Waals surface area contributed by atoms with Crippen molar-refractivity contribution in [1.82, 2.24) is 10.2 Å². The normalized spacial score (nSPS) is 14.8. The summed E-state index contributed by atoms with van der Waals surface area (Å²) < 4.78 is 11.2. The summed E-state index contributed by atoms with van der Waals surface area (Å²) in [5.41, 5.74) is 1.81. The number of benzene rings is 1. The number of nitrogens with one attached hydrogen (secondary N) is 1. The van der Waals surface area contributed by atoms with E-state index in [1.165, 1.54) is 5.56 Å². The highest BCUT2D eigenvalue weighted by atomic mass is 32.1. The van der Waals surface area contributed by atoms with E-state index in [2.05, 4.69) is 24.4 Å². The molecule has 5 nitrogen and oxygen atoms in total. The molecule has 1 heterocycles. The fourth-order valence-corrected chi connectivity index (χ4v) is 3.06. The number of ether oxygens (including phenoxy) is 2. The van der Waals surface area contributed by atoms with Gasteiger partial charge in [-0.15, -0.1) is 0 Å². The summed E-state index contributed by atoms with van der Waals surface area (Å²) in [6, 6.07) is 6.19. The number of carbonyl (C=O) groups excluding carboxylic acids is 1. The maximum absolute atomic E-state index is 12.6. The maximum Gasteiger partial charge on any atom is 0.231 e. The van der Waals surface area contributed by atoms with Crippen molar-refractivity contribution in [2.24, 2.45) is 5.41 Å². The quantitative estimate of drug-likeness (QED) is 0.608. The lowest BCUT2D eigenvalue weighted by atomic mass is 9.87. The topological polar surface area (TPSA) is 50.8 Å². The lowest BCUT2D eigenvalue weighted by Crippen LogP contribution is -2.50. The van der Waals surface area contributed by atoms with E-state index >= 15 is 0 Å². The van der Waals surface area contributed by atoms with Crippen molar-refractivity contribution in [2.75, 3.05) is 32.9 Å². The van der Waals surface area contributed by atoms with Crippen LogP contribution in [0.1, 0.15) is 37.8 Å². The van der Waals surface area contributed by atoms with Crippen molar-refractivity contribution in [1.29, 1.82) is 0 Å². The van der Waals surface area contributed by atoms with E-state index in [0.717, 1.165) is 37.2 Å². The SMILES string of the molecule is Cc1ccc(C)c(OCCCC(C)(C)C(=O)NC(=S)N2CCOCC2)c1. The van der Waals surface area contributed by atoms with Gasteiger partial charge in [0.25, 0.3) is 0 Å². The zero-order valence-electron chi connectivity index (χ0n) is 16.3. The summed E-state index contributed by atoms with van der Waals surface area (Å²) in [4.78, 5) is 14.6. The molecule has 1 amide bonds. The highest BCUT2D eigenvalue weighted by Gasteiger charge is 2.29. The van der Waals surface area contributed by atoms with Gasteiger partial charge < -0.3 is 19.7 Å². The number of hydrogen-bond acceptors (Lipinski definition) is 4. The molecule has 1 saturated heterocycles. The van der Waals surface area contributed by atoms with E-state index in [-0.39, 0.29) is 5.91 Å². The first-order valence-corrected chi connectivity index (χ1v) is 9.58. The van der Waals surface area contributed by atoms with Crippen LogP contribution in [0.25, 0.3) is 0 Å². The molecular weight excluding hydrogens is 348 g/mol. The summed E-state index contributed by atoms with van der Waals surface area (Å²) in [5.74, 6) is 0.876. The molecule has 1 fully saturated rings. The van der Waals surface area contributed by atoms with Crippen LogP contribution in [0.5, 0.6) is 5.75 Å². The van der Waals surface area contributed by atoms with Crippen molar-refractivity contribution in [3.63, 3.8) is 0 Å². The zero-order chi connectivity index (χ0) is 19.2. The van der Waals surface area contributed by atoms with Crippen molar-refractivity contribution < 1.29 is 14.3 Å². The summed E-state index contributed by atoms with van der Waals surface area (Å²) in [5, 5.41) is 3.39. The molecule has 0 aromatic heterocycles. The number of nitrogens with zero attached hydrogens (tertiary/aromatic N) is 1. The molecule has 144 valence electrons. The largest absolute Gasteiger partial charge is 0.493 e. The Hall–Kier alpha value is -1.66. The molecule has 0 radical (unpaired) electrons. The van der Waals surface area contributed by atoms with Crippen molar-refractivity contribution >= 4 is 23.2 Å². The third-order valence-corrected chi connectivity index (χ3v) is 5.04. The minimum atomic E-state index is -0.499. The first-order chi connectivity index (χ1) is 12.3. The second-order valence-corrected chi connectivity index (χ2v) is 7.85. The number of morpholine rings is 1. The molecule has 0 atom stereocenters. The highest BCUT2D eigenvalue weighted by molar-refractivity contribution is 7.80. The number of carbonyl (C=O) groups is 1. The second-order valence-electron chi connectivity index (χ2n) is 7.46. The van der Waals surface area contributed by atoms with Crippen LogP contribution in [0.2, 0.25) is 0 Å². The average molecular weight is 379 g/mol. The molecule has 1 N–H and O–H groups in total. The molecule has 2 rings (SSSR count). The first kappa shape index (κ1) is 20.6. The van der Waals surface area contributed by atoms with Gasteiger partial charge in [-0.3, -0.25) is 4.79 Å². The van der Waals surface area contributed by atoms with Gasteiger partial charge >= 0.3 is 0 Å².